The molecule has 6 nitrogen and oxygen atoms in total. The smallest absolute Gasteiger partial charge is 0.283 e. The van der Waals surface area contributed by atoms with E-state index in [-0.39, 0.29) is 11.4 Å². The Bertz CT molecular complexity index is 1070. The number of benzene rings is 1. The van der Waals surface area contributed by atoms with Crippen LogP contribution in [0.1, 0.15) is 42.3 Å². The maximum Gasteiger partial charge on any atom is 0.283 e. The number of aryl methyl sites for hydroxylation is 1. The first-order chi connectivity index (χ1) is 13.4. The maximum absolute atomic E-state index is 12.4. The van der Waals surface area contributed by atoms with Gasteiger partial charge in [-0.05, 0) is 66.9 Å². The van der Waals surface area contributed by atoms with Gasteiger partial charge in [-0.15, -0.1) is 0 Å². The van der Waals surface area contributed by atoms with E-state index in [1.807, 2.05) is 19.9 Å². The van der Waals surface area contributed by atoms with Crippen molar-refractivity contribution in [3.63, 3.8) is 0 Å². The van der Waals surface area contributed by atoms with E-state index in [0.717, 1.165) is 22.6 Å². The first-order valence-electron chi connectivity index (χ1n) is 9.09. The second kappa shape index (κ2) is 6.91. The van der Waals surface area contributed by atoms with Crippen molar-refractivity contribution in [2.24, 2.45) is 10.1 Å². The van der Waals surface area contributed by atoms with Crippen molar-refractivity contribution in [2.45, 2.75) is 33.6 Å². The molecule has 2 aliphatic heterocycles. The molecule has 0 unspecified atom stereocenters. The zero-order valence-electron chi connectivity index (χ0n) is 16.2. The van der Waals surface area contributed by atoms with Crippen molar-refractivity contribution < 1.29 is 4.79 Å². The number of nitrogens with zero attached hydrogens (tertiary/aromatic N) is 4. The fourth-order valence-electron chi connectivity index (χ4n) is 3.43. The molecule has 1 aromatic heterocycles. The normalized spacial score (nSPS) is 17.7. The Balaban J connectivity index is 1.74. The van der Waals surface area contributed by atoms with E-state index in [4.69, 9.17) is 5.41 Å². The highest BCUT2D eigenvalue weighted by atomic mass is 32.2. The number of hydrazone groups is 1. The summed E-state index contributed by atoms with van der Waals surface area (Å²) in [5.41, 5.74) is 7.18. The summed E-state index contributed by atoms with van der Waals surface area (Å²) < 4.78 is 2.16. The third-order valence-electron chi connectivity index (χ3n) is 4.98. The Labute approximate surface area is 168 Å². The molecule has 0 atom stereocenters. The van der Waals surface area contributed by atoms with Crippen molar-refractivity contribution >= 4 is 40.3 Å². The number of nitrogens with one attached hydrogen (secondary N) is 1. The average molecular weight is 392 g/mol. The summed E-state index contributed by atoms with van der Waals surface area (Å²) in [5, 5.41) is 14.3. The molecule has 3 heterocycles. The van der Waals surface area contributed by atoms with Crippen LogP contribution in [0.4, 0.5) is 0 Å². The van der Waals surface area contributed by atoms with Gasteiger partial charge in [0.15, 0.2) is 11.0 Å². The van der Waals surface area contributed by atoms with Crippen LogP contribution in [-0.2, 0) is 4.79 Å². The molecule has 0 spiro atoms. The minimum Gasteiger partial charge on any atom is -0.318 e. The van der Waals surface area contributed by atoms with Crippen molar-refractivity contribution in [1.29, 1.82) is 5.41 Å². The molecule has 1 N–H and O–H groups in total. The van der Waals surface area contributed by atoms with Gasteiger partial charge in [0.2, 0.25) is 0 Å². The van der Waals surface area contributed by atoms with E-state index in [1.54, 1.807) is 11.6 Å². The topological polar surface area (TPSA) is 73.8 Å². The summed E-state index contributed by atoms with van der Waals surface area (Å²) in [6.07, 6.45) is 1.74. The monoisotopic (exact) mass is 391 g/mol. The number of aliphatic imine (C=N–C) groups is 1. The van der Waals surface area contributed by atoms with Crippen molar-refractivity contribution in [2.75, 3.05) is 0 Å². The number of carbonyl (C=O) groups is 1. The second-order valence-electron chi connectivity index (χ2n) is 7.16. The summed E-state index contributed by atoms with van der Waals surface area (Å²) in [5.74, 6) is 0.143. The van der Waals surface area contributed by atoms with Gasteiger partial charge < -0.3 is 4.57 Å². The van der Waals surface area contributed by atoms with Gasteiger partial charge in [0.05, 0.1) is 11.1 Å². The Kier molecular flexibility index (Phi) is 4.55. The van der Waals surface area contributed by atoms with E-state index in [2.05, 4.69) is 52.8 Å². The molecule has 2 aliphatic rings. The number of hydrogen-bond donors (Lipinski definition) is 1. The lowest BCUT2D eigenvalue weighted by Gasteiger charge is -2.20. The molecule has 2 aromatic rings. The van der Waals surface area contributed by atoms with Crippen molar-refractivity contribution in [1.82, 2.24) is 9.58 Å². The number of aromatic nitrogens is 1. The van der Waals surface area contributed by atoms with Crippen LogP contribution in [-0.4, -0.2) is 32.0 Å². The van der Waals surface area contributed by atoms with Gasteiger partial charge in [-0.25, -0.2) is 0 Å². The standard InChI is InChI=1S/C21H21N5OS/c1-12(2)15-5-7-17(8-6-15)25-13(3)9-16(14(25)4)10-18-19(22)26-21(24-20(18)27)28-11-23-26/h5-12,22H,1-4H3/b18-10-,22-19?. The number of amides is 1. The molecule has 28 heavy (non-hydrogen) atoms. The van der Waals surface area contributed by atoms with Crippen LogP contribution < -0.4 is 0 Å². The molecule has 1 aromatic carbocycles. The van der Waals surface area contributed by atoms with Gasteiger partial charge in [-0.3, -0.25) is 10.2 Å². The van der Waals surface area contributed by atoms with E-state index < -0.39 is 5.91 Å². The Morgan fingerprint density at radius 1 is 1.18 bits per heavy atom. The SMILES string of the molecule is Cc1cc(/C=C2/C(=N)N3N=CSC3=NC2=O)c(C)n1-c1ccc(C(C)C)cc1. The highest BCUT2D eigenvalue weighted by Gasteiger charge is 2.32. The third-order valence-corrected chi connectivity index (χ3v) is 5.66. The number of rotatable bonds is 3. The fraction of sp³-hybridized carbons (Fsp3) is 0.238. The van der Waals surface area contributed by atoms with E-state index >= 15 is 0 Å². The third kappa shape index (κ3) is 3.01. The predicted molar refractivity (Wildman–Crippen MR) is 115 cm³/mol. The minimum atomic E-state index is -0.402. The fourth-order valence-corrected chi connectivity index (χ4v) is 4.04. The van der Waals surface area contributed by atoms with Crippen LogP contribution in [0, 0.1) is 19.3 Å². The largest absolute Gasteiger partial charge is 0.318 e. The minimum absolute atomic E-state index is 0.0577. The zero-order chi connectivity index (χ0) is 20.0. The maximum atomic E-state index is 12.4. The lowest BCUT2D eigenvalue weighted by atomic mass is 10.0. The average Bonchev–Trinajstić information content (AvgIpc) is 3.23. The quantitative estimate of drug-likeness (QED) is 0.785. The van der Waals surface area contributed by atoms with Crippen molar-refractivity contribution in [3.05, 3.63) is 58.4 Å². The van der Waals surface area contributed by atoms with Crippen LogP contribution in [0.15, 0.2) is 46.0 Å². The number of amidine groups is 2. The Hall–Kier alpha value is -2.93. The molecular formula is C21H21N5OS. The molecule has 0 bridgehead atoms. The van der Waals surface area contributed by atoms with Gasteiger partial charge in [-0.1, -0.05) is 26.0 Å². The first-order valence-corrected chi connectivity index (χ1v) is 9.97. The summed E-state index contributed by atoms with van der Waals surface area (Å²) >= 11 is 1.24. The van der Waals surface area contributed by atoms with E-state index in [0.29, 0.717) is 11.1 Å². The number of hydrogen-bond acceptors (Lipinski definition) is 4. The Morgan fingerprint density at radius 2 is 1.89 bits per heavy atom. The van der Waals surface area contributed by atoms with E-state index in [9.17, 15) is 4.79 Å². The molecule has 4 rings (SSSR count). The summed E-state index contributed by atoms with van der Waals surface area (Å²) in [4.78, 5) is 16.5. The van der Waals surface area contributed by atoms with Crippen LogP contribution in [0.25, 0.3) is 11.8 Å². The molecular weight excluding hydrogens is 370 g/mol. The second-order valence-corrected chi connectivity index (χ2v) is 7.98. The summed E-state index contributed by atoms with van der Waals surface area (Å²) in [6, 6.07) is 10.6. The van der Waals surface area contributed by atoms with Crippen LogP contribution in [0.5, 0.6) is 0 Å². The molecule has 0 radical (unpaired) electrons. The van der Waals surface area contributed by atoms with Crippen LogP contribution in [0.2, 0.25) is 0 Å². The van der Waals surface area contributed by atoms with Crippen LogP contribution in [0.3, 0.4) is 0 Å². The molecule has 0 saturated carbocycles. The molecule has 1 amide bonds. The highest BCUT2D eigenvalue weighted by molar-refractivity contribution is 8.25. The van der Waals surface area contributed by atoms with Crippen LogP contribution >= 0.6 is 11.8 Å². The summed E-state index contributed by atoms with van der Waals surface area (Å²) in [7, 11) is 0. The molecule has 0 aliphatic carbocycles. The molecule has 0 saturated heterocycles. The Morgan fingerprint density at radius 3 is 2.57 bits per heavy atom. The zero-order valence-corrected chi connectivity index (χ0v) is 17.0. The van der Waals surface area contributed by atoms with Gasteiger partial charge in [-0.2, -0.15) is 15.1 Å². The van der Waals surface area contributed by atoms with Gasteiger partial charge in [0.1, 0.15) is 0 Å². The van der Waals surface area contributed by atoms with Gasteiger partial charge >= 0.3 is 0 Å². The lowest BCUT2D eigenvalue weighted by Crippen LogP contribution is -2.35. The molecule has 0 fully saturated rings. The van der Waals surface area contributed by atoms with Crippen molar-refractivity contribution in [3.8, 4) is 5.69 Å². The number of fused-ring (bicyclic) bond motifs is 1. The lowest BCUT2D eigenvalue weighted by molar-refractivity contribution is -0.114. The molecule has 7 heteroatoms. The predicted octanol–water partition coefficient (Wildman–Crippen LogP) is 4.47. The van der Waals surface area contributed by atoms with Gasteiger partial charge in [0, 0.05) is 17.1 Å². The number of carbonyl (C=O) groups excluding carboxylic acids is 1. The van der Waals surface area contributed by atoms with Gasteiger partial charge in [0.25, 0.3) is 5.91 Å². The summed E-state index contributed by atoms with van der Waals surface area (Å²) in [6.45, 7) is 8.42. The first kappa shape index (κ1) is 18.4. The molecule has 142 valence electrons. The highest BCUT2D eigenvalue weighted by Crippen LogP contribution is 2.28. The van der Waals surface area contributed by atoms with E-state index in [1.165, 1.54) is 22.3 Å². The number of thioether (sulfide) groups is 1.